The summed E-state index contributed by atoms with van der Waals surface area (Å²) in [4.78, 5) is 9.30. The lowest BCUT2D eigenvalue weighted by Gasteiger charge is -2.03. The Labute approximate surface area is 123 Å². The molecule has 96 valence electrons. The second-order valence-electron chi connectivity index (χ2n) is 4.19. The molecule has 0 aliphatic heterocycles. The number of nitrogens with zero attached hydrogens (tertiary/aromatic N) is 2. The Hall–Kier alpha value is -1.30. The molecule has 0 radical (unpaired) electrons. The standard InChI is InChI=1S/C14H12BrN3S/c1-16-7-10-8-19-14(17-10)13-11(15)6-9-4-2-3-5-12(9)18-13/h2-6,8,16H,7H2,1H3. The Morgan fingerprint density at radius 3 is 2.95 bits per heavy atom. The van der Waals surface area contributed by atoms with Crippen LogP contribution in [0, 0.1) is 0 Å². The number of rotatable bonds is 3. The SMILES string of the molecule is CNCc1csc(-c2nc3ccccc3cc2Br)n1. The number of fused-ring (bicyclic) bond motifs is 1. The molecule has 19 heavy (non-hydrogen) atoms. The average Bonchev–Trinajstić information content (AvgIpc) is 2.87. The second-order valence-corrected chi connectivity index (χ2v) is 5.90. The van der Waals surface area contributed by atoms with Crippen molar-refractivity contribution in [1.29, 1.82) is 0 Å². The first-order valence-electron chi connectivity index (χ1n) is 5.92. The third kappa shape index (κ3) is 2.54. The molecule has 0 aliphatic rings. The van der Waals surface area contributed by atoms with Crippen LogP contribution in [0.15, 0.2) is 40.2 Å². The number of hydrogen-bond donors (Lipinski definition) is 1. The van der Waals surface area contributed by atoms with Gasteiger partial charge in [-0.15, -0.1) is 11.3 Å². The third-order valence-electron chi connectivity index (χ3n) is 2.79. The maximum Gasteiger partial charge on any atom is 0.143 e. The van der Waals surface area contributed by atoms with Crippen molar-refractivity contribution in [2.75, 3.05) is 7.05 Å². The van der Waals surface area contributed by atoms with E-state index >= 15 is 0 Å². The molecule has 3 nitrogen and oxygen atoms in total. The molecule has 2 heterocycles. The van der Waals surface area contributed by atoms with Crippen LogP contribution in [0.1, 0.15) is 5.69 Å². The summed E-state index contributed by atoms with van der Waals surface area (Å²) in [6.45, 7) is 0.779. The highest BCUT2D eigenvalue weighted by molar-refractivity contribution is 9.10. The van der Waals surface area contributed by atoms with Crippen LogP contribution in [0.5, 0.6) is 0 Å². The summed E-state index contributed by atoms with van der Waals surface area (Å²) >= 11 is 5.21. The summed E-state index contributed by atoms with van der Waals surface area (Å²) in [7, 11) is 1.92. The maximum atomic E-state index is 4.70. The molecule has 0 spiro atoms. The Bertz CT molecular complexity index is 724. The molecule has 0 amide bonds. The number of pyridine rings is 1. The molecule has 0 aliphatic carbocycles. The fourth-order valence-electron chi connectivity index (χ4n) is 1.92. The lowest BCUT2D eigenvalue weighted by Crippen LogP contribution is -2.04. The van der Waals surface area contributed by atoms with Gasteiger partial charge in [-0.3, -0.25) is 0 Å². The molecule has 3 rings (SSSR count). The van der Waals surface area contributed by atoms with Gasteiger partial charge in [0.15, 0.2) is 0 Å². The molecule has 0 fully saturated rings. The predicted octanol–water partition coefficient (Wildman–Crippen LogP) is 3.84. The first kappa shape index (κ1) is 12.7. The fourth-order valence-corrected chi connectivity index (χ4v) is 3.39. The van der Waals surface area contributed by atoms with Gasteiger partial charge in [-0.1, -0.05) is 18.2 Å². The number of thiazole rings is 1. The average molecular weight is 334 g/mol. The number of para-hydroxylation sites is 1. The molecule has 3 aromatic rings. The van der Waals surface area contributed by atoms with Gasteiger partial charge in [-0.25, -0.2) is 9.97 Å². The van der Waals surface area contributed by atoms with Gasteiger partial charge in [0, 0.05) is 21.8 Å². The van der Waals surface area contributed by atoms with E-state index < -0.39 is 0 Å². The molecule has 0 atom stereocenters. The number of nitrogens with one attached hydrogen (secondary N) is 1. The van der Waals surface area contributed by atoms with E-state index in [4.69, 9.17) is 4.98 Å². The Kier molecular flexibility index (Phi) is 3.59. The van der Waals surface area contributed by atoms with E-state index in [1.54, 1.807) is 11.3 Å². The van der Waals surface area contributed by atoms with Gasteiger partial charge in [0.1, 0.15) is 10.7 Å². The van der Waals surface area contributed by atoms with E-state index in [0.29, 0.717) is 0 Å². The Morgan fingerprint density at radius 2 is 2.11 bits per heavy atom. The largest absolute Gasteiger partial charge is 0.314 e. The van der Waals surface area contributed by atoms with Gasteiger partial charge in [-0.2, -0.15) is 0 Å². The summed E-state index contributed by atoms with van der Waals surface area (Å²) < 4.78 is 0.983. The third-order valence-corrected chi connectivity index (χ3v) is 4.29. The highest BCUT2D eigenvalue weighted by Crippen LogP contribution is 2.31. The van der Waals surface area contributed by atoms with E-state index in [1.165, 1.54) is 0 Å². The summed E-state index contributed by atoms with van der Waals surface area (Å²) in [5.41, 5.74) is 2.95. The molecular weight excluding hydrogens is 322 g/mol. The maximum absolute atomic E-state index is 4.70. The van der Waals surface area contributed by atoms with E-state index in [-0.39, 0.29) is 0 Å². The summed E-state index contributed by atoms with van der Waals surface area (Å²) in [5.74, 6) is 0. The smallest absolute Gasteiger partial charge is 0.143 e. The Balaban J connectivity index is 2.10. The van der Waals surface area contributed by atoms with Gasteiger partial charge >= 0.3 is 0 Å². The monoisotopic (exact) mass is 333 g/mol. The molecule has 2 aromatic heterocycles. The van der Waals surface area contributed by atoms with E-state index in [9.17, 15) is 0 Å². The molecule has 1 N–H and O–H groups in total. The van der Waals surface area contributed by atoms with Crippen molar-refractivity contribution in [3.8, 4) is 10.7 Å². The van der Waals surface area contributed by atoms with Crippen molar-refractivity contribution >= 4 is 38.2 Å². The van der Waals surface area contributed by atoms with Crippen molar-refractivity contribution in [3.63, 3.8) is 0 Å². The topological polar surface area (TPSA) is 37.8 Å². The highest BCUT2D eigenvalue weighted by atomic mass is 79.9. The molecule has 0 bridgehead atoms. The van der Waals surface area contributed by atoms with E-state index in [2.05, 4.69) is 43.7 Å². The van der Waals surface area contributed by atoms with Crippen molar-refractivity contribution in [3.05, 3.63) is 45.9 Å². The van der Waals surface area contributed by atoms with Crippen LogP contribution in [0.2, 0.25) is 0 Å². The van der Waals surface area contributed by atoms with Gasteiger partial charge < -0.3 is 5.32 Å². The van der Waals surface area contributed by atoms with Crippen LogP contribution in [0.3, 0.4) is 0 Å². The number of hydrogen-bond acceptors (Lipinski definition) is 4. The zero-order valence-electron chi connectivity index (χ0n) is 10.4. The lowest BCUT2D eigenvalue weighted by molar-refractivity contribution is 0.798. The normalized spacial score (nSPS) is 11.1. The zero-order chi connectivity index (χ0) is 13.2. The van der Waals surface area contributed by atoms with E-state index in [0.717, 1.165) is 38.3 Å². The minimum absolute atomic E-state index is 0.779. The van der Waals surface area contributed by atoms with Gasteiger partial charge in [-0.05, 0) is 35.1 Å². The quantitative estimate of drug-likeness (QED) is 0.791. The van der Waals surface area contributed by atoms with Crippen molar-refractivity contribution in [1.82, 2.24) is 15.3 Å². The number of aromatic nitrogens is 2. The summed E-state index contributed by atoms with van der Waals surface area (Å²) in [6.07, 6.45) is 0. The minimum Gasteiger partial charge on any atom is -0.314 e. The van der Waals surface area contributed by atoms with Gasteiger partial charge in [0.05, 0.1) is 11.2 Å². The summed E-state index contributed by atoms with van der Waals surface area (Å²) in [6, 6.07) is 10.2. The fraction of sp³-hybridized carbons (Fsp3) is 0.143. The van der Waals surface area contributed by atoms with Crippen LogP contribution >= 0.6 is 27.3 Å². The van der Waals surface area contributed by atoms with Gasteiger partial charge in [0.25, 0.3) is 0 Å². The van der Waals surface area contributed by atoms with Crippen LogP contribution in [0.4, 0.5) is 0 Å². The minimum atomic E-state index is 0.779. The molecule has 0 unspecified atom stereocenters. The van der Waals surface area contributed by atoms with Crippen LogP contribution in [-0.4, -0.2) is 17.0 Å². The van der Waals surface area contributed by atoms with Crippen LogP contribution < -0.4 is 5.32 Å². The van der Waals surface area contributed by atoms with Crippen LogP contribution in [0.25, 0.3) is 21.6 Å². The van der Waals surface area contributed by atoms with E-state index in [1.807, 2.05) is 25.2 Å². The zero-order valence-corrected chi connectivity index (χ0v) is 12.8. The predicted molar refractivity (Wildman–Crippen MR) is 83.3 cm³/mol. The first-order chi connectivity index (χ1) is 9.28. The molecule has 5 heteroatoms. The number of halogens is 1. The molecule has 1 aromatic carbocycles. The van der Waals surface area contributed by atoms with Crippen LogP contribution in [-0.2, 0) is 6.54 Å². The highest BCUT2D eigenvalue weighted by Gasteiger charge is 2.11. The lowest BCUT2D eigenvalue weighted by atomic mass is 10.2. The Morgan fingerprint density at radius 1 is 1.26 bits per heavy atom. The molecule has 0 saturated heterocycles. The first-order valence-corrected chi connectivity index (χ1v) is 7.60. The van der Waals surface area contributed by atoms with Crippen molar-refractivity contribution in [2.45, 2.75) is 6.54 Å². The number of benzene rings is 1. The van der Waals surface area contributed by atoms with Crippen molar-refractivity contribution < 1.29 is 0 Å². The van der Waals surface area contributed by atoms with Crippen molar-refractivity contribution in [2.24, 2.45) is 0 Å². The van der Waals surface area contributed by atoms with Gasteiger partial charge in [0.2, 0.25) is 0 Å². The molecular formula is C14H12BrN3S. The summed E-state index contributed by atoms with van der Waals surface area (Å²) in [5, 5.41) is 7.25. The molecule has 0 saturated carbocycles. The second kappa shape index (κ2) is 5.36.